The normalized spacial score (nSPS) is 26.9. The van der Waals surface area contributed by atoms with Gasteiger partial charge in [-0.25, -0.2) is 0 Å². The number of hydrogen-bond acceptors (Lipinski definition) is 5. The van der Waals surface area contributed by atoms with Gasteiger partial charge in [-0.15, -0.1) is 0 Å². The maximum Gasteiger partial charge on any atom is 0.519 e. The maximum atomic E-state index is 14.4. The smallest absolute Gasteiger partial charge is 0.456 e. The topological polar surface area (TPSA) is 61.8 Å². The summed E-state index contributed by atoms with van der Waals surface area (Å²) in [4.78, 5) is 26.7. The summed E-state index contributed by atoms with van der Waals surface area (Å²) in [5, 5.41) is 0. The quantitative estimate of drug-likeness (QED) is 0.341. The third kappa shape index (κ3) is 4.81. The Morgan fingerprint density at radius 2 is 1.51 bits per heavy atom. The Bertz CT molecular complexity index is 1030. The van der Waals surface area contributed by atoms with Crippen molar-refractivity contribution in [3.05, 3.63) is 71.8 Å². The molecule has 2 unspecified atom stereocenters. The highest BCUT2D eigenvalue weighted by Gasteiger charge is 2.75. The van der Waals surface area contributed by atoms with Crippen molar-refractivity contribution < 1.29 is 28.0 Å². The summed E-state index contributed by atoms with van der Waals surface area (Å²) in [5.74, 6) is -0.692. The molecule has 0 spiro atoms. The molecule has 2 aromatic carbocycles. The largest absolute Gasteiger partial charge is 0.519 e. The minimum Gasteiger partial charge on any atom is -0.456 e. The molecule has 1 aliphatic rings. The molecule has 0 N–H and O–H groups in total. The SMILES string of the molecule is CC(=O)O[C@@H]1C[N+](CO[SiH3])(C(=O)OC(C)(C)C)[C@](c2ccccc2)(C(C)(C)C)C1c1ccccc1. The molecule has 7 heteroatoms. The van der Waals surface area contributed by atoms with Gasteiger partial charge in [0, 0.05) is 17.9 Å². The van der Waals surface area contributed by atoms with Gasteiger partial charge in [-0.2, -0.15) is 9.28 Å². The lowest BCUT2D eigenvalue weighted by Crippen LogP contribution is -2.69. The van der Waals surface area contributed by atoms with Gasteiger partial charge in [-0.05, 0) is 26.3 Å². The number of esters is 1. The van der Waals surface area contributed by atoms with Crippen LogP contribution in [0.15, 0.2) is 60.7 Å². The van der Waals surface area contributed by atoms with Crippen molar-refractivity contribution in [3.8, 4) is 0 Å². The highest BCUT2D eigenvalue weighted by molar-refractivity contribution is 5.97. The lowest BCUT2D eigenvalue weighted by molar-refractivity contribution is -0.930. The number of carbonyl (C=O) groups excluding carboxylic acids is 2. The van der Waals surface area contributed by atoms with Crippen LogP contribution in [0.25, 0.3) is 0 Å². The van der Waals surface area contributed by atoms with E-state index in [9.17, 15) is 9.59 Å². The van der Waals surface area contributed by atoms with E-state index in [0.29, 0.717) is 10.5 Å². The van der Waals surface area contributed by atoms with E-state index in [-0.39, 0.29) is 35.7 Å². The van der Waals surface area contributed by atoms with Crippen LogP contribution < -0.4 is 0 Å². The van der Waals surface area contributed by atoms with Crippen molar-refractivity contribution in [2.45, 2.75) is 71.6 Å². The summed E-state index contributed by atoms with van der Waals surface area (Å²) in [7, 11) is 0.447. The Kier molecular flexibility index (Phi) is 7.65. The van der Waals surface area contributed by atoms with E-state index in [1.54, 1.807) is 0 Å². The molecule has 3 rings (SSSR count). The van der Waals surface area contributed by atoms with Gasteiger partial charge in [0.15, 0.2) is 28.9 Å². The Morgan fingerprint density at radius 1 is 0.971 bits per heavy atom. The molecule has 4 atom stereocenters. The molecule has 0 aromatic heterocycles. The number of nitrogens with zero attached hydrogens (tertiary/aromatic N) is 1. The van der Waals surface area contributed by atoms with Crippen LogP contribution in [0, 0.1) is 5.41 Å². The predicted octanol–water partition coefficient (Wildman–Crippen LogP) is 4.66. The standard InChI is InChI=1S/C28H40NO5Si/c1-20(30)33-23-18-29(19-32-35,25(31)34-27(5,6)7)28(26(2,3)4,22-16-12-9-13-17-22)24(23)21-14-10-8-11-15-21/h8-17,23-24H,18-19H2,1-7,35H3/q+1/t23-,24?,28+,29?/m1/s1. The fourth-order valence-electron chi connectivity index (χ4n) is 6.18. The van der Waals surface area contributed by atoms with Gasteiger partial charge in [-0.1, -0.05) is 81.4 Å². The zero-order valence-corrected chi connectivity index (χ0v) is 24.3. The number of benzene rings is 2. The van der Waals surface area contributed by atoms with Gasteiger partial charge in [0.1, 0.15) is 12.1 Å². The highest BCUT2D eigenvalue weighted by atomic mass is 28.2. The van der Waals surface area contributed by atoms with E-state index in [4.69, 9.17) is 13.9 Å². The van der Waals surface area contributed by atoms with Gasteiger partial charge >= 0.3 is 12.1 Å². The molecule has 0 bridgehead atoms. The second kappa shape index (κ2) is 9.88. The fourth-order valence-corrected chi connectivity index (χ4v) is 6.62. The summed E-state index contributed by atoms with van der Waals surface area (Å²) in [6.07, 6.45) is -0.929. The third-order valence-corrected chi connectivity index (χ3v) is 7.17. The molecule has 1 saturated heterocycles. The number of likely N-dealkylation sites (tertiary alicyclic amines) is 1. The molecule has 35 heavy (non-hydrogen) atoms. The first-order valence-corrected chi connectivity index (χ1v) is 13.0. The minimum atomic E-state index is -0.859. The second-order valence-corrected chi connectivity index (χ2v) is 12.0. The van der Waals surface area contributed by atoms with E-state index in [0.717, 1.165) is 11.1 Å². The molecule has 1 aliphatic heterocycles. The van der Waals surface area contributed by atoms with E-state index < -0.39 is 22.7 Å². The second-order valence-electron chi connectivity index (χ2n) is 11.5. The number of ether oxygens (including phenoxy) is 2. The van der Waals surface area contributed by atoms with Crippen LogP contribution in [0.5, 0.6) is 0 Å². The Morgan fingerprint density at radius 3 is 1.97 bits per heavy atom. The van der Waals surface area contributed by atoms with Crippen LogP contribution in [-0.4, -0.2) is 52.0 Å². The van der Waals surface area contributed by atoms with E-state index in [1.165, 1.54) is 6.92 Å². The third-order valence-electron chi connectivity index (χ3n) is 6.91. The van der Waals surface area contributed by atoms with E-state index in [1.807, 2.05) is 57.2 Å². The molecule has 2 aromatic rings. The predicted molar refractivity (Wildman–Crippen MR) is 140 cm³/mol. The summed E-state index contributed by atoms with van der Waals surface area (Å²) in [6.45, 7) is 13.9. The van der Waals surface area contributed by atoms with Gasteiger partial charge in [0.25, 0.3) is 0 Å². The fraction of sp³-hybridized carbons (Fsp3) is 0.500. The number of amides is 1. The minimum absolute atomic E-state index is 0.126. The van der Waals surface area contributed by atoms with Crippen molar-refractivity contribution in [3.63, 3.8) is 0 Å². The molecule has 1 amide bonds. The van der Waals surface area contributed by atoms with Crippen molar-refractivity contribution in [1.82, 2.24) is 0 Å². The van der Waals surface area contributed by atoms with Crippen LogP contribution in [0.2, 0.25) is 0 Å². The molecule has 1 heterocycles. The van der Waals surface area contributed by atoms with Crippen LogP contribution in [0.3, 0.4) is 0 Å². The number of hydrogen-bond donors (Lipinski definition) is 0. The summed E-state index contributed by atoms with van der Waals surface area (Å²) >= 11 is 0. The molecular formula is C28H40NO5Si+. The lowest BCUT2D eigenvalue weighted by Gasteiger charge is -2.54. The van der Waals surface area contributed by atoms with Gasteiger partial charge in [0.05, 0.1) is 5.92 Å². The first-order chi connectivity index (χ1) is 16.3. The number of quaternary nitrogens is 1. The first kappa shape index (κ1) is 27.1. The monoisotopic (exact) mass is 498 g/mol. The molecule has 0 saturated carbocycles. The van der Waals surface area contributed by atoms with Crippen molar-refractivity contribution in [2.75, 3.05) is 13.3 Å². The van der Waals surface area contributed by atoms with Crippen LogP contribution in [-0.2, 0) is 24.2 Å². The Hall–Kier alpha value is -2.48. The van der Waals surface area contributed by atoms with Crippen molar-refractivity contribution in [1.29, 1.82) is 0 Å². The zero-order valence-electron chi connectivity index (χ0n) is 22.3. The molecular weight excluding hydrogens is 458 g/mol. The average molecular weight is 499 g/mol. The number of carbonyl (C=O) groups is 2. The average Bonchev–Trinajstić information content (AvgIpc) is 3.05. The van der Waals surface area contributed by atoms with Crippen molar-refractivity contribution >= 4 is 22.5 Å². The summed E-state index contributed by atoms with van der Waals surface area (Å²) in [5.41, 5.74) is -0.0336. The Labute approximate surface area is 212 Å². The van der Waals surface area contributed by atoms with Crippen LogP contribution in [0.4, 0.5) is 4.79 Å². The molecule has 0 radical (unpaired) electrons. The van der Waals surface area contributed by atoms with Crippen molar-refractivity contribution in [2.24, 2.45) is 5.41 Å². The van der Waals surface area contributed by atoms with E-state index in [2.05, 4.69) is 45.0 Å². The lowest BCUT2D eigenvalue weighted by atomic mass is 9.60. The number of rotatable bonds is 5. The van der Waals surface area contributed by atoms with Gasteiger partial charge in [0.2, 0.25) is 0 Å². The maximum absolute atomic E-state index is 14.4. The molecule has 6 nitrogen and oxygen atoms in total. The van der Waals surface area contributed by atoms with Crippen LogP contribution in [0.1, 0.15) is 65.5 Å². The van der Waals surface area contributed by atoms with Crippen LogP contribution >= 0.6 is 0 Å². The van der Waals surface area contributed by atoms with E-state index >= 15 is 0 Å². The summed E-state index contributed by atoms with van der Waals surface area (Å²) in [6, 6.07) is 20.2. The Balaban J connectivity index is 2.48. The molecule has 1 fully saturated rings. The summed E-state index contributed by atoms with van der Waals surface area (Å²) < 4.78 is 18.0. The zero-order chi connectivity index (χ0) is 26.1. The highest BCUT2D eigenvalue weighted by Crippen LogP contribution is 2.63. The van der Waals surface area contributed by atoms with Gasteiger partial charge < -0.3 is 13.9 Å². The first-order valence-electron chi connectivity index (χ1n) is 12.2. The molecule has 190 valence electrons. The van der Waals surface area contributed by atoms with Gasteiger partial charge in [-0.3, -0.25) is 4.79 Å². The molecule has 0 aliphatic carbocycles.